The van der Waals surface area contributed by atoms with Gasteiger partial charge in [0.15, 0.2) is 0 Å². The second kappa shape index (κ2) is 7.37. The molecule has 1 aliphatic rings. The van der Waals surface area contributed by atoms with Crippen molar-refractivity contribution in [3.8, 4) is 0 Å². The average Bonchev–Trinajstić information content (AvgIpc) is 2.27. The number of hydrogen-bond acceptors (Lipinski definition) is 1. The molecule has 0 aromatic heterocycles. The Morgan fingerprint density at radius 2 is 1.78 bits per heavy atom. The quantitative estimate of drug-likeness (QED) is 0.696. The Morgan fingerprint density at radius 3 is 2.39 bits per heavy atom. The van der Waals surface area contributed by atoms with Crippen LogP contribution in [0.15, 0.2) is 0 Å². The van der Waals surface area contributed by atoms with E-state index in [2.05, 4.69) is 19.2 Å². The number of unbranched alkanes of at least 4 members (excludes halogenated alkanes) is 1. The van der Waals surface area contributed by atoms with Crippen molar-refractivity contribution in [2.75, 3.05) is 6.54 Å². The van der Waals surface area contributed by atoms with Gasteiger partial charge in [-0.25, -0.2) is 0 Å². The molecule has 2 unspecified atom stereocenters. The monoisotopic (exact) mass is 265 g/mol. The van der Waals surface area contributed by atoms with Crippen molar-refractivity contribution in [1.29, 1.82) is 0 Å². The summed E-state index contributed by atoms with van der Waals surface area (Å²) in [6.07, 6.45) is 1.84. The van der Waals surface area contributed by atoms with Crippen LogP contribution in [0.5, 0.6) is 0 Å². The maximum atomic E-state index is 12.8. The Bertz CT molecular complexity index is 226. The molecule has 18 heavy (non-hydrogen) atoms. The second-order valence-corrected chi connectivity index (χ2v) is 5.88. The van der Waals surface area contributed by atoms with Crippen LogP contribution in [0.4, 0.5) is 13.2 Å². The highest BCUT2D eigenvalue weighted by Crippen LogP contribution is 2.37. The highest BCUT2D eigenvalue weighted by atomic mass is 19.4. The van der Waals surface area contributed by atoms with E-state index >= 15 is 0 Å². The Balaban J connectivity index is 2.26. The third-order valence-corrected chi connectivity index (χ3v) is 3.80. The molecule has 2 atom stereocenters. The summed E-state index contributed by atoms with van der Waals surface area (Å²) in [6, 6.07) is -0.349. The first kappa shape index (κ1) is 15.8. The van der Waals surface area contributed by atoms with Crippen LogP contribution in [-0.2, 0) is 0 Å². The molecule has 0 amide bonds. The van der Waals surface area contributed by atoms with Gasteiger partial charge in [0.25, 0.3) is 0 Å². The van der Waals surface area contributed by atoms with Crippen molar-refractivity contribution >= 4 is 0 Å². The summed E-state index contributed by atoms with van der Waals surface area (Å²) in [5.74, 6) is -0.445. The summed E-state index contributed by atoms with van der Waals surface area (Å²) >= 11 is 0. The Labute approximate surface area is 109 Å². The molecule has 108 valence electrons. The van der Waals surface area contributed by atoms with Crippen LogP contribution in [0.2, 0.25) is 0 Å². The van der Waals surface area contributed by atoms with Crippen LogP contribution in [-0.4, -0.2) is 18.8 Å². The van der Waals surface area contributed by atoms with Gasteiger partial charge in [0.1, 0.15) is 0 Å². The minimum absolute atomic E-state index is 0.299. The summed E-state index contributed by atoms with van der Waals surface area (Å²) in [5.41, 5.74) is 0. The van der Waals surface area contributed by atoms with Crippen molar-refractivity contribution in [2.45, 2.75) is 71.0 Å². The van der Waals surface area contributed by atoms with Crippen LogP contribution >= 0.6 is 0 Å². The van der Waals surface area contributed by atoms with E-state index in [4.69, 9.17) is 0 Å². The first-order chi connectivity index (χ1) is 8.41. The maximum Gasteiger partial charge on any atom is 0.393 e. The van der Waals surface area contributed by atoms with Gasteiger partial charge in [0.05, 0.1) is 5.92 Å². The van der Waals surface area contributed by atoms with Crippen LogP contribution in [0.25, 0.3) is 0 Å². The van der Waals surface area contributed by atoms with E-state index in [0.29, 0.717) is 18.8 Å². The Morgan fingerprint density at radius 1 is 1.11 bits per heavy atom. The Hall–Kier alpha value is -0.250. The van der Waals surface area contributed by atoms with Crippen LogP contribution < -0.4 is 5.32 Å². The highest BCUT2D eigenvalue weighted by Gasteiger charge is 2.45. The predicted octanol–water partition coefficient (Wildman–Crippen LogP) is 4.52. The van der Waals surface area contributed by atoms with E-state index in [9.17, 15) is 13.2 Å². The molecule has 0 aliphatic heterocycles. The van der Waals surface area contributed by atoms with Gasteiger partial charge in [0.2, 0.25) is 0 Å². The molecular weight excluding hydrogens is 239 g/mol. The molecule has 1 aliphatic carbocycles. The van der Waals surface area contributed by atoms with E-state index in [1.54, 1.807) is 0 Å². The predicted molar refractivity (Wildman–Crippen MR) is 68.5 cm³/mol. The average molecular weight is 265 g/mol. The standard InChI is InChI=1S/C14H26F3N/c1-11(2)7-5-6-10-18-13-9-4-3-8-12(13)14(15,16)17/h11-13,18H,3-10H2,1-2H3. The number of rotatable bonds is 6. The molecule has 4 heteroatoms. The van der Waals surface area contributed by atoms with E-state index < -0.39 is 12.1 Å². The zero-order valence-corrected chi connectivity index (χ0v) is 11.5. The Kier molecular flexibility index (Phi) is 6.47. The smallest absolute Gasteiger partial charge is 0.313 e. The fraction of sp³-hybridized carbons (Fsp3) is 1.00. The molecule has 0 aromatic rings. The van der Waals surface area contributed by atoms with E-state index in [0.717, 1.165) is 38.6 Å². The lowest BCUT2D eigenvalue weighted by molar-refractivity contribution is -0.188. The SMILES string of the molecule is CC(C)CCCCNC1CCCCC1C(F)(F)F. The molecule has 0 aromatic carbocycles. The van der Waals surface area contributed by atoms with E-state index in [-0.39, 0.29) is 6.04 Å². The molecular formula is C14H26F3N. The van der Waals surface area contributed by atoms with Crippen LogP contribution in [0, 0.1) is 11.8 Å². The van der Waals surface area contributed by atoms with Crippen LogP contribution in [0.1, 0.15) is 58.8 Å². The summed E-state index contributed by atoms with van der Waals surface area (Å²) in [6.45, 7) is 5.08. The zero-order valence-electron chi connectivity index (χ0n) is 11.5. The lowest BCUT2D eigenvalue weighted by Crippen LogP contribution is -2.45. The van der Waals surface area contributed by atoms with Gasteiger partial charge in [-0.1, -0.05) is 39.5 Å². The van der Waals surface area contributed by atoms with Crippen molar-refractivity contribution in [3.05, 3.63) is 0 Å². The molecule has 1 saturated carbocycles. The molecule has 1 nitrogen and oxygen atoms in total. The molecule has 0 saturated heterocycles. The van der Waals surface area contributed by atoms with Crippen molar-refractivity contribution < 1.29 is 13.2 Å². The molecule has 0 spiro atoms. The van der Waals surface area contributed by atoms with Crippen molar-refractivity contribution in [1.82, 2.24) is 5.32 Å². The van der Waals surface area contributed by atoms with Gasteiger partial charge in [-0.2, -0.15) is 13.2 Å². The summed E-state index contributed by atoms with van der Waals surface area (Å²) in [4.78, 5) is 0. The van der Waals surface area contributed by atoms with Crippen molar-refractivity contribution in [2.24, 2.45) is 11.8 Å². The topological polar surface area (TPSA) is 12.0 Å². The van der Waals surface area contributed by atoms with Gasteiger partial charge in [-0.05, 0) is 31.7 Å². The highest BCUT2D eigenvalue weighted by molar-refractivity contribution is 4.85. The molecule has 0 heterocycles. The lowest BCUT2D eigenvalue weighted by Gasteiger charge is -2.33. The zero-order chi connectivity index (χ0) is 13.6. The third kappa shape index (κ3) is 5.59. The van der Waals surface area contributed by atoms with Gasteiger partial charge in [-0.3, -0.25) is 0 Å². The second-order valence-electron chi connectivity index (χ2n) is 5.88. The fourth-order valence-corrected chi connectivity index (χ4v) is 2.73. The fourth-order valence-electron chi connectivity index (χ4n) is 2.73. The largest absolute Gasteiger partial charge is 0.393 e. The molecule has 1 rings (SSSR count). The van der Waals surface area contributed by atoms with Crippen LogP contribution in [0.3, 0.4) is 0 Å². The molecule has 0 bridgehead atoms. The normalized spacial score (nSPS) is 25.7. The van der Waals surface area contributed by atoms with Gasteiger partial charge in [-0.15, -0.1) is 0 Å². The lowest BCUT2D eigenvalue weighted by atomic mass is 9.84. The van der Waals surface area contributed by atoms with E-state index in [1.165, 1.54) is 0 Å². The number of hydrogen-bond donors (Lipinski definition) is 1. The number of nitrogens with one attached hydrogen (secondary N) is 1. The number of alkyl halides is 3. The minimum Gasteiger partial charge on any atom is -0.313 e. The third-order valence-electron chi connectivity index (χ3n) is 3.80. The minimum atomic E-state index is -4.03. The number of halogens is 3. The van der Waals surface area contributed by atoms with E-state index in [1.807, 2.05) is 0 Å². The summed E-state index contributed by atoms with van der Waals surface area (Å²) in [7, 11) is 0. The molecule has 1 fully saturated rings. The first-order valence-electron chi connectivity index (χ1n) is 7.21. The molecule has 0 radical (unpaired) electrons. The van der Waals surface area contributed by atoms with Gasteiger partial charge >= 0.3 is 6.18 Å². The first-order valence-corrected chi connectivity index (χ1v) is 7.21. The summed E-state index contributed by atoms with van der Waals surface area (Å²) < 4.78 is 38.5. The van der Waals surface area contributed by atoms with Gasteiger partial charge < -0.3 is 5.32 Å². The van der Waals surface area contributed by atoms with Crippen molar-refractivity contribution in [3.63, 3.8) is 0 Å². The summed E-state index contributed by atoms with van der Waals surface area (Å²) in [5, 5.41) is 3.13. The molecule has 1 N–H and O–H groups in total. The maximum absolute atomic E-state index is 12.8. The van der Waals surface area contributed by atoms with Gasteiger partial charge in [0, 0.05) is 6.04 Å².